The summed E-state index contributed by atoms with van der Waals surface area (Å²) in [5.41, 5.74) is 1.38. The molecule has 2 nitrogen and oxygen atoms in total. The second-order valence-corrected chi connectivity index (χ2v) is 5.58. The fourth-order valence-corrected chi connectivity index (χ4v) is 3.12. The van der Waals surface area contributed by atoms with Crippen molar-refractivity contribution in [2.24, 2.45) is 5.84 Å². The largest absolute Gasteiger partial charge is 0.417 e. The van der Waals surface area contributed by atoms with Gasteiger partial charge in [0.2, 0.25) is 0 Å². The maximum Gasteiger partial charge on any atom is 0.417 e. The first kappa shape index (κ1) is 15.4. The van der Waals surface area contributed by atoms with Crippen LogP contribution >= 0.6 is 27.3 Å². The van der Waals surface area contributed by atoms with E-state index in [4.69, 9.17) is 5.84 Å². The van der Waals surface area contributed by atoms with E-state index >= 15 is 0 Å². The summed E-state index contributed by atoms with van der Waals surface area (Å²) in [6.07, 6.45) is -4.51. The number of rotatable bonds is 3. The Hall–Kier alpha value is -0.960. The van der Waals surface area contributed by atoms with Crippen molar-refractivity contribution < 1.29 is 17.6 Å². The quantitative estimate of drug-likeness (QED) is 0.483. The van der Waals surface area contributed by atoms with Gasteiger partial charge in [-0.3, -0.25) is 5.84 Å². The number of thiophene rings is 1. The third kappa shape index (κ3) is 2.88. The van der Waals surface area contributed by atoms with E-state index in [0.717, 1.165) is 16.7 Å². The smallest absolute Gasteiger partial charge is 0.271 e. The summed E-state index contributed by atoms with van der Waals surface area (Å²) in [7, 11) is 0. The molecule has 1 atom stereocenters. The first-order valence-electron chi connectivity index (χ1n) is 5.39. The Kier molecular flexibility index (Phi) is 4.48. The molecular weight excluding hydrogens is 360 g/mol. The molecule has 2 rings (SSSR count). The Balaban J connectivity index is 2.54. The second-order valence-electron chi connectivity index (χ2n) is 3.98. The number of benzene rings is 1. The molecule has 0 amide bonds. The van der Waals surface area contributed by atoms with Crippen LogP contribution in [0.15, 0.2) is 33.4 Å². The van der Waals surface area contributed by atoms with Crippen molar-refractivity contribution in [3.8, 4) is 0 Å². The number of hydrogen-bond acceptors (Lipinski definition) is 3. The van der Waals surface area contributed by atoms with Gasteiger partial charge in [-0.1, -0.05) is 12.1 Å². The summed E-state index contributed by atoms with van der Waals surface area (Å²) in [6, 6.07) is 3.31. The molecule has 0 aliphatic carbocycles. The van der Waals surface area contributed by atoms with Crippen molar-refractivity contribution >= 4 is 27.3 Å². The molecule has 1 heterocycles. The zero-order valence-corrected chi connectivity index (χ0v) is 12.2. The van der Waals surface area contributed by atoms with Gasteiger partial charge in [-0.05, 0) is 32.9 Å². The maximum absolute atomic E-state index is 14.0. The molecule has 0 saturated heterocycles. The molecule has 0 bridgehead atoms. The van der Waals surface area contributed by atoms with E-state index in [1.807, 2.05) is 0 Å². The van der Waals surface area contributed by atoms with Crippen LogP contribution < -0.4 is 11.3 Å². The van der Waals surface area contributed by atoms with Crippen LogP contribution in [0.3, 0.4) is 0 Å². The lowest BCUT2D eigenvalue weighted by Crippen LogP contribution is -2.30. The normalized spacial score (nSPS) is 13.5. The Morgan fingerprint density at radius 3 is 2.50 bits per heavy atom. The first-order valence-corrected chi connectivity index (χ1v) is 7.13. The number of hydrogen-bond donors (Lipinski definition) is 2. The molecule has 20 heavy (non-hydrogen) atoms. The van der Waals surface area contributed by atoms with Gasteiger partial charge in [-0.2, -0.15) is 24.5 Å². The summed E-state index contributed by atoms with van der Waals surface area (Å²) in [5.74, 6) is 4.69. The van der Waals surface area contributed by atoms with Gasteiger partial charge in [-0.15, -0.1) is 0 Å². The average Bonchev–Trinajstić information content (AvgIpc) is 2.84. The highest BCUT2D eigenvalue weighted by molar-refractivity contribution is 9.10. The summed E-state index contributed by atoms with van der Waals surface area (Å²) < 4.78 is 52.9. The predicted molar refractivity (Wildman–Crippen MR) is 72.6 cm³/mol. The molecule has 0 aliphatic rings. The van der Waals surface area contributed by atoms with Crippen LogP contribution in [0, 0.1) is 5.82 Å². The number of alkyl halides is 3. The fraction of sp³-hybridized carbons (Fsp3) is 0.167. The third-order valence-electron chi connectivity index (χ3n) is 2.77. The number of hydrazine groups is 1. The molecule has 0 spiro atoms. The van der Waals surface area contributed by atoms with Gasteiger partial charge in [0.15, 0.2) is 0 Å². The van der Waals surface area contributed by atoms with Crippen LogP contribution in [-0.4, -0.2) is 0 Å². The Labute approximate surface area is 124 Å². The molecule has 1 unspecified atom stereocenters. The SMILES string of the molecule is NNC(c1cscc1C(F)(F)F)c1cccc(Br)c1F. The molecule has 0 fully saturated rings. The summed E-state index contributed by atoms with van der Waals surface area (Å²) >= 11 is 3.89. The first-order chi connectivity index (χ1) is 9.36. The van der Waals surface area contributed by atoms with E-state index in [1.54, 1.807) is 0 Å². The van der Waals surface area contributed by atoms with Crippen LogP contribution in [-0.2, 0) is 6.18 Å². The van der Waals surface area contributed by atoms with Gasteiger partial charge in [0.1, 0.15) is 5.82 Å². The molecule has 0 saturated carbocycles. The molecule has 108 valence electrons. The molecule has 2 aromatic rings. The minimum absolute atomic E-state index is 0.0470. The molecule has 3 N–H and O–H groups in total. The Bertz CT molecular complexity index is 612. The van der Waals surface area contributed by atoms with Gasteiger partial charge >= 0.3 is 6.18 Å². The molecule has 8 heteroatoms. The molecule has 1 aromatic heterocycles. The molecule has 0 aliphatic heterocycles. The summed E-state index contributed by atoms with van der Waals surface area (Å²) in [5, 5.41) is 2.29. The van der Waals surface area contributed by atoms with Gasteiger partial charge < -0.3 is 0 Å². The minimum Gasteiger partial charge on any atom is -0.271 e. The van der Waals surface area contributed by atoms with E-state index in [2.05, 4.69) is 21.4 Å². The van der Waals surface area contributed by atoms with E-state index in [1.165, 1.54) is 23.6 Å². The average molecular weight is 369 g/mol. The van der Waals surface area contributed by atoms with Crippen molar-refractivity contribution in [2.45, 2.75) is 12.2 Å². The zero-order chi connectivity index (χ0) is 14.9. The topological polar surface area (TPSA) is 38.0 Å². The van der Waals surface area contributed by atoms with E-state index in [9.17, 15) is 17.6 Å². The van der Waals surface area contributed by atoms with Crippen LogP contribution in [0.1, 0.15) is 22.7 Å². The van der Waals surface area contributed by atoms with Gasteiger partial charge in [0, 0.05) is 10.9 Å². The second kappa shape index (κ2) is 5.80. The highest BCUT2D eigenvalue weighted by atomic mass is 79.9. The highest BCUT2D eigenvalue weighted by Gasteiger charge is 2.36. The van der Waals surface area contributed by atoms with E-state index in [0.29, 0.717) is 0 Å². The number of nitrogens with two attached hydrogens (primary N) is 1. The Morgan fingerprint density at radius 2 is 1.90 bits per heavy atom. The van der Waals surface area contributed by atoms with Crippen molar-refractivity contribution in [2.75, 3.05) is 0 Å². The van der Waals surface area contributed by atoms with Crippen molar-refractivity contribution in [1.82, 2.24) is 5.43 Å². The van der Waals surface area contributed by atoms with Crippen molar-refractivity contribution in [1.29, 1.82) is 0 Å². The number of halogens is 5. The lowest BCUT2D eigenvalue weighted by Gasteiger charge is -2.19. The van der Waals surface area contributed by atoms with E-state index in [-0.39, 0.29) is 15.6 Å². The van der Waals surface area contributed by atoms with Gasteiger partial charge in [0.25, 0.3) is 0 Å². The summed E-state index contributed by atoms with van der Waals surface area (Å²) in [4.78, 5) is 0. The van der Waals surface area contributed by atoms with Crippen LogP contribution in [0.2, 0.25) is 0 Å². The van der Waals surface area contributed by atoms with E-state index < -0.39 is 23.6 Å². The standard InChI is InChI=1S/C12H9BrF4N2S/c13-9-3-1-2-6(10(9)14)11(19-18)7-4-20-5-8(7)12(15,16)17/h1-5,11,19H,18H2. The lowest BCUT2D eigenvalue weighted by molar-refractivity contribution is -0.138. The number of nitrogens with one attached hydrogen (secondary N) is 1. The highest BCUT2D eigenvalue weighted by Crippen LogP contribution is 2.39. The van der Waals surface area contributed by atoms with Crippen LogP contribution in [0.5, 0.6) is 0 Å². The van der Waals surface area contributed by atoms with Crippen molar-refractivity contribution in [3.63, 3.8) is 0 Å². The fourth-order valence-electron chi connectivity index (χ4n) is 1.85. The molecule has 0 radical (unpaired) electrons. The van der Waals surface area contributed by atoms with Gasteiger partial charge in [0.05, 0.1) is 16.1 Å². The zero-order valence-electron chi connectivity index (χ0n) is 9.84. The van der Waals surface area contributed by atoms with Crippen molar-refractivity contribution in [3.05, 3.63) is 55.9 Å². The molecular formula is C12H9BrF4N2S. The monoisotopic (exact) mass is 368 g/mol. The molecule has 1 aromatic carbocycles. The predicted octanol–water partition coefficient (Wildman–Crippen LogP) is 4.22. The third-order valence-corrected chi connectivity index (χ3v) is 4.14. The maximum atomic E-state index is 14.0. The van der Waals surface area contributed by atoms with Gasteiger partial charge in [-0.25, -0.2) is 9.82 Å². The summed E-state index contributed by atoms with van der Waals surface area (Å²) in [6.45, 7) is 0. The van der Waals surface area contributed by atoms with Crippen LogP contribution in [0.25, 0.3) is 0 Å². The van der Waals surface area contributed by atoms with Crippen LogP contribution in [0.4, 0.5) is 17.6 Å². The Morgan fingerprint density at radius 1 is 1.20 bits per heavy atom. The minimum atomic E-state index is -4.51. The lowest BCUT2D eigenvalue weighted by atomic mass is 9.98.